The molecule has 0 aliphatic rings. The van der Waals surface area contributed by atoms with Crippen LogP contribution in [0.3, 0.4) is 0 Å². The van der Waals surface area contributed by atoms with Gasteiger partial charge in [0.25, 0.3) is 0 Å². The molecule has 1 rings (SSSR count). The fourth-order valence-corrected chi connectivity index (χ4v) is 1.64. The number of aldehydes is 1. The molecule has 0 aliphatic carbocycles. The Morgan fingerprint density at radius 3 is 3.00 bits per heavy atom. The highest BCUT2D eigenvalue weighted by Crippen LogP contribution is 2.07. The fraction of sp³-hybridized carbons (Fsp3) is 0.250. The molecule has 1 aromatic heterocycles. The Morgan fingerprint density at radius 1 is 1.77 bits per heavy atom. The average molecular weight is 199 g/mol. The normalized spacial score (nSPS) is 12.0. The molecule has 5 heteroatoms. The molecule has 1 amide bonds. The standard InChI is InChI=1S/C8H9NO3S/c10-4-7(9-8(11)12)3-6-1-2-13-5-6/h1-2,4-5,7,9H,3H2,(H,11,12)/t7-/m0/s1. The first kappa shape index (κ1) is 9.73. The fourth-order valence-electron chi connectivity index (χ4n) is 0.954. The van der Waals surface area contributed by atoms with E-state index in [0.717, 1.165) is 5.56 Å². The first-order chi connectivity index (χ1) is 6.22. The summed E-state index contributed by atoms with van der Waals surface area (Å²) in [6, 6.07) is 1.22. The van der Waals surface area contributed by atoms with Crippen molar-refractivity contribution in [2.45, 2.75) is 12.5 Å². The van der Waals surface area contributed by atoms with Crippen LogP contribution in [0.15, 0.2) is 16.8 Å². The molecule has 0 saturated carbocycles. The highest BCUT2D eigenvalue weighted by molar-refractivity contribution is 7.07. The van der Waals surface area contributed by atoms with Crippen molar-refractivity contribution < 1.29 is 14.7 Å². The van der Waals surface area contributed by atoms with Crippen molar-refractivity contribution in [3.63, 3.8) is 0 Å². The topological polar surface area (TPSA) is 66.4 Å². The van der Waals surface area contributed by atoms with Crippen molar-refractivity contribution in [3.8, 4) is 0 Å². The van der Waals surface area contributed by atoms with Gasteiger partial charge in [0, 0.05) is 6.42 Å². The first-order valence-corrected chi connectivity index (χ1v) is 4.62. The van der Waals surface area contributed by atoms with E-state index < -0.39 is 12.1 Å². The van der Waals surface area contributed by atoms with Crippen LogP contribution in [0.5, 0.6) is 0 Å². The lowest BCUT2D eigenvalue weighted by atomic mass is 10.1. The van der Waals surface area contributed by atoms with E-state index in [2.05, 4.69) is 5.32 Å². The maximum atomic E-state index is 10.4. The molecule has 4 nitrogen and oxygen atoms in total. The van der Waals surface area contributed by atoms with Crippen LogP contribution in [0.1, 0.15) is 5.56 Å². The Kier molecular flexibility index (Phi) is 3.45. The summed E-state index contributed by atoms with van der Waals surface area (Å²) in [5.41, 5.74) is 0.968. The van der Waals surface area contributed by atoms with Crippen LogP contribution in [-0.4, -0.2) is 23.5 Å². The Labute approximate surface area is 79.2 Å². The number of hydrogen-bond acceptors (Lipinski definition) is 3. The minimum Gasteiger partial charge on any atom is -0.465 e. The van der Waals surface area contributed by atoms with Gasteiger partial charge in [-0.15, -0.1) is 0 Å². The highest BCUT2D eigenvalue weighted by Gasteiger charge is 2.10. The third-order valence-corrected chi connectivity index (χ3v) is 2.24. The Bertz CT molecular complexity index is 284. The van der Waals surface area contributed by atoms with E-state index in [-0.39, 0.29) is 0 Å². The molecule has 2 N–H and O–H groups in total. The third-order valence-electron chi connectivity index (χ3n) is 1.51. The number of hydrogen-bond donors (Lipinski definition) is 2. The summed E-state index contributed by atoms with van der Waals surface area (Å²) >= 11 is 1.52. The zero-order valence-electron chi connectivity index (χ0n) is 6.77. The summed E-state index contributed by atoms with van der Waals surface area (Å²) in [5.74, 6) is 0. The van der Waals surface area contributed by atoms with E-state index in [4.69, 9.17) is 5.11 Å². The van der Waals surface area contributed by atoms with Crippen molar-refractivity contribution in [2.24, 2.45) is 0 Å². The molecule has 70 valence electrons. The van der Waals surface area contributed by atoms with Gasteiger partial charge in [-0.3, -0.25) is 0 Å². The minimum absolute atomic E-state index is 0.416. The van der Waals surface area contributed by atoms with Crippen LogP contribution in [0.4, 0.5) is 4.79 Å². The Hall–Kier alpha value is -1.36. The predicted molar refractivity (Wildman–Crippen MR) is 49.0 cm³/mol. The van der Waals surface area contributed by atoms with Crippen LogP contribution in [0.2, 0.25) is 0 Å². The summed E-state index contributed by atoms with van der Waals surface area (Å²) in [4.78, 5) is 20.7. The SMILES string of the molecule is O=C[C@H](Cc1ccsc1)NC(=O)O. The number of carboxylic acid groups (broad SMARTS) is 1. The quantitative estimate of drug-likeness (QED) is 0.714. The molecular formula is C8H9NO3S. The molecule has 0 unspecified atom stereocenters. The predicted octanol–water partition coefficient (Wildman–Crippen LogP) is 1.13. The smallest absolute Gasteiger partial charge is 0.405 e. The summed E-state index contributed by atoms with van der Waals surface area (Å²) in [6.45, 7) is 0. The second kappa shape index (κ2) is 4.61. The van der Waals surface area contributed by atoms with Crippen LogP contribution in [-0.2, 0) is 11.2 Å². The maximum absolute atomic E-state index is 10.4. The summed E-state index contributed by atoms with van der Waals surface area (Å²) in [6.07, 6.45) is -0.155. The molecule has 0 aliphatic heterocycles. The van der Waals surface area contributed by atoms with Gasteiger partial charge in [-0.05, 0) is 22.4 Å². The second-order valence-electron chi connectivity index (χ2n) is 2.53. The van der Waals surface area contributed by atoms with E-state index in [1.165, 1.54) is 11.3 Å². The number of nitrogens with one attached hydrogen (secondary N) is 1. The van der Waals surface area contributed by atoms with Gasteiger partial charge in [0.2, 0.25) is 0 Å². The molecular weight excluding hydrogens is 190 g/mol. The molecule has 1 atom stereocenters. The molecule has 0 fully saturated rings. The van der Waals surface area contributed by atoms with Gasteiger partial charge in [-0.1, -0.05) is 0 Å². The molecule has 13 heavy (non-hydrogen) atoms. The molecule has 0 bridgehead atoms. The number of carbonyl (C=O) groups excluding carboxylic acids is 1. The average Bonchev–Trinajstić information content (AvgIpc) is 2.55. The number of carbonyl (C=O) groups is 2. The molecule has 0 spiro atoms. The lowest BCUT2D eigenvalue weighted by molar-refractivity contribution is -0.109. The minimum atomic E-state index is -1.17. The van der Waals surface area contributed by atoms with E-state index in [1.807, 2.05) is 16.8 Å². The van der Waals surface area contributed by atoms with Crippen molar-refractivity contribution in [1.82, 2.24) is 5.32 Å². The lowest BCUT2D eigenvalue weighted by Gasteiger charge is -2.07. The second-order valence-corrected chi connectivity index (χ2v) is 3.31. The van der Waals surface area contributed by atoms with Crippen molar-refractivity contribution in [1.29, 1.82) is 0 Å². The van der Waals surface area contributed by atoms with E-state index in [9.17, 15) is 9.59 Å². The van der Waals surface area contributed by atoms with E-state index in [0.29, 0.717) is 12.7 Å². The highest BCUT2D eigenvalue weighted by atomic mass is 32.1. The van der Waals surface area contributed by atoms with Crippen molar-refractivity contribution in [3.05, 3.63) is 22.4 Å². The van der Waals surface area contributed by atoms with Gasteiger partial charge < -0.3 is 15.2 Å². The van der Waals surface area contributed by atoms with Gasteiger partial charge in [-0.2, -0.15) is 11.3 Å². The summed E-state index contributed by atoms with van der Waals surface area (Å²) < 4.78 is 0. The monoisotopic (exact) mass is 199 g/mol. The summed E-state index contributed by atoms with van der Waals surface area (Å²) in [5, 5.41) is 14.3. The van der Waals surface area contributed by atoms with Gasteiger partial charge in [-0.25, -0.2) is 4.79 Å². The number of amides is 1. The van der Waals surface area contributed by atoms with Crippen LogP contribution in [0.25, 0.3) is 0 Å². The Morgan fingerprint density at radius 2 is 2.54 bits per heavy atom. The third kappa shape index (κ3) is 3.25. The molecule has 0 saturated heterocycles. The Balaban J connectivity index is 2.49. The largest absolute Gasteiger partial charge is 0.465 e. The summed E-state index contributed by atoms with van der Waals surface area (Å²) in [7, 11) is 0. The van der Waals surface area contributed by atoms with Gasteiger partial charge in [0.1, 0.15) is 6.29 Å². The van der Waals surface area contributed by atoms with Crippen LogP contribution in [0, 0.1) is 0 Å². The zero-order chi connectivity index (χ0) is 9.68. The van der Waals surface area contributed by atoms with Gasteiger partial charge in [0.05, 0.1) is 6.04 Å². The molecule has 1 heterocycles. The number of thiophene rings is 1. The van der Waals surface area contributed by atoms with Crippen molar-refractivity contribution >= 4 is 23.7 Å². The molecule has 0 aromatic carbocycles. The van der Waals surface area contributed by atoms with Crippen LogP contribution >= 0.6 is 11.3 Å². The molecule has 1 aromatic rings. The first-order valence-electron chi connectivity index (χ1n) is 3.68. The number of rotatable bonds is 4. The van der Waals surface area contributed by atoms with E-state index >= 15 is 0 Å². The zero-order valence-corrected chi connectivity index (χ0v) is 7.58. The van der Waals surface area contributed by atoms with Crippen LogP contribution < -0.4 is 5.32 Å². The van der Waals surface area contributed by atoms with E-state index in [1.54, 1.807) is 0 Å². The van der Waals surface area contributed by atoms with Crippen molar-refractivity contribution in [2.75, 3.05) is 0 Å². The molecule has 0 radical (unpaired) electrons. The van der Waals surface area contributed by atoms with Gasteiger partial charge >= 0.3 is 6.09 Å². The lowest BCUT2D eigenvalue weighted by Crippen LogP contribution is -2.36. The van der Waals surface area contributed by atoms with Gasteiger partial charge in [0.15, 0.2) is 0 Å². The maximum Gasteiger partial charge on any atom is 0.405 e.